The monoisotopic (exact) mass is 297 g/mol. The van der Waals surface area contributed by atoms with Gasteiger partial charge in [-0.05, 0) is 50.5 Å². The molecule has 0 aromatic carbocycles. The molecular weight excluding hydrogens is 274 g/mol. The van der Waals surface area contributed by atoms with Crippen molar-refractivity contribution in [2.45, 2.75) is 24.7 Å². The number of nitrogens with zero attached hydrogens (tertiary/aromatic N) is 2. The summed E-state index contributed by atoms with van der Waals surface area (Å²) in [7, 11) is -3.23. The number of nitrogens with one attached hydrogen (secondary N) is 1. The van der Waals surface area contributed by atoms with Gasteiger partial charge in [0.2, 0.25) is 0 Å². The quantitative estimate of drug-likeness (QED) is 0.895. The number of hydrogen-bond donors (Lipinski definition) is 1. The summed E-state index contributed by atoms with van der Waals surface area (Å²) >= 11 is 0. The highest BCUT2D eigenvalue weighted by Crippen LogP contribution is 2.21. The molecule has 20 heavy (non-hydrogen) atoms. The molecule has 0 bridgehead atoms. The molecule has 0 saturated carbocycles. The fraction of sp³-hybridized carbons (Fsp3) is 0.643. The molecule has 0 amide bonds. The topological polar surface area (TPSA) is 62.3 Å². The molecule has 2 heterocycles. The number of pyridine rings is 1. The normalized spacial score (nSPS) is 18.1. The first-order valence-electron chi connectivity index (χ1n) is 7.12. The third kappa shape index (κ3) is 3.93. The van der Waals surface area contributed by atoms with Gasteiger partial charge in [-0.3, -0.25) is 0 Å². The summed E-state index contributed by atoms with van der Waals surface area (Å²) in [6.07, 6.45) is 5.15. The van der Waals surface area contributed by atoms with Crippen LogP contribution in [0.2, 0.25) is 0 Å². The smallest absolute Gasteiger partial charge is 0.179 e. The van der Waals surface area contributed by atoms with Crippen molar-refractivity contribution in [3.63, 3.8) is 0 Å². The first kappa shape index (κ1) is 15.3. The molecule has 1 aromatic rings. The lowest BCUT2D eigenvalue weighted by Crippen LogP contribution is -2.35. The largest absolute Gasteiger partial charge is 0.369 e. The second-order valence-corrected chi connectivity index (χ2v) is 7.37. The van der Waals surface area contributed by atoms with Crippen molar-refractivity contribution < 1.29 is 8.42 Å². The van der Waals surface area contributed by atoms with Gasteiger partial charge in [-0.1, -0.05) is 6.92 Å². The van der Waals surface area contributed by atoms with Gasteiger partial charge in [0, 0.05) is 19.0 Å². The van der Waals surface area contributed by atoms with Gasteiger partial charge in [0.05, 0.1) is 0 Å². The zero-order chi connectivity index (χ0) is 14.6. The number of aromatic nitrogens is 1. The van der Waals surface area contributed by atoms with Crippen molar-refractivity contribution in [3.8, 4) is 0 Å². The summed E-state index contributed by atoms with van der Waals surface area (Å²) in [5.41, 5.74) is 0. The summed E-state index contributed by atoms with van der Waals surface area (Å²) in [6.45, 7) is 6.34. The van der Waals surface area contributed by atoms with Gasteiger partial charge in [0.1, 0.15) is 10.7 Å². The Bertz CT molecular complexity index is 537. The van der Waals surface area contributed by atoms with Crippen molar-refractivity contribution in [1.29, 1.82) is 0 Å². The Morgan fingerprint density at radius 3 is 2.70 bits per heavy atom. The van der Waals surface area contributed by atoms with Crippen LogP contribution in [-0.4, -0.2) is 50.7 Å². The number of hydrogen-bond acceptors (Lipinski definition) is 5. The maximum Gasteiger partial charge on any atom is 0.179 e. The molecular formula is C14H23N3O2S. The maximum atomic E-state index is 11.7. The van der Waals surface area contributed by atoms with Crippen LogP contribution in [0.15, 0.2) is 23.2 Å². The van der Waals surface area contributed by atoms with Crippen molar-refractivity contribution in [1.82, 2.24) is 9.88 Å². The van der Waals surface area contributed by atoms with Crippen LogP contribution in [0.3, 0.4) is 0 Å². The van der Waals surface area contributed by atoms with Crippen LogP contribution in [0, 0.1) is 5.92 Å². The lowest BCUT2D eigenvalue weighted by atomic mass is 9.97. The van der Waals surface area contributed by atoms with Crippen molar-refractivity contribution >= 4 is 15.7 Å². The zero-order valence-corrected chi connectivity index (χ0v) is 13.0. The van der Waals surface area contributed by atoms with Crippen molar-refractivity contribution in [3.05, 3.63) is 18.3 Å². The van der Waals surface area contributed by atoms with E-state index < -0.39 is 9.84 Å². The Morgan fingerprint density at radius 1 is 1.40 bits per heavy atom. The number of piperidine rings is 1. The molecule has 0 unspecified atom stereocenters. The third-order valence-electron chi connectivity index (χ3n) is 3.88. The van der Waals surface area contributed by atoms with E-state index in [0.717, 1.165) is 39.0 Å². The molecule has 6 heteroatoms. The molecule has 1 aliphatic heterocycles. The predicted molar refractivity (Wildman–Crippen MR) is 80.7 cm³/mol. The van der Waals surface area contributed by atoms with Gasteiger partial charge in [-0.15, -0.1) is 0 Å². The van der Waals surface area contributed by atoms with E-state index in [1.54, 1.807) is 18.3 Å². The van der Waals surface area contributed by atoms with Crippen LogP contribution in [0.1, 0.15) is 19.8 Å². The summed E-state index contributed by atoms with van der Waals surface area (Å²) in [4.78, 5) is 6.89. The van der Waals surface area contributed by atoms with E-state index in [-0.39, 0.29) is 4.90 Å². The minimum atomic E-state index is -3.23. The van der Waals surface area contributed by atoms with Crippen LogP contribution in [-0.2, 0) is 9.84 Å². The van der Waals surface area contributed by atoms with Crippen LogP contribution >= 0.6 is 0 Å². The fourth-order valence-electron chi connectivity index (χ4n) is 2.57. The minimum Gasteiger partial charge on any atom is -0.369 e. The highest BCUT2D eigenvalue weighted by Gasteiger charge is 2.19. The molecule has 1 aromatic heterocycles. The lowest BCUT2D eigenvalue weighted by molar-refractivity contribution is 0.198. The molecule has 0 atom stereocenters. The van der Waals surface area contributed by atoms with Crippen molar-refractivity contribution in [2.24, 2.45) is 5.92 Å². The second kappa shape index (κ2) is 6.54. The Labute approximate surface area is 121 Å². The summed E-state index contributed by atoms with van der Waals surface area (Å²) in [5, 5.41) is 3.21. The van der Waals surface area contributed by atoms with Gasteiger partial charge in [0.25, 0.3) is 0 Å². The van der Waals surface area contributed by atoms with E-state index in [0.29, 0.717) is 11.7 Å². The summed E-state index contributed by atoms with van der Waals surface area (Å²) < 4.78 is 23.4. The number of rotatable bonds is 5. The van der Waals surface area contributed by atoms with E-state index in [1.165, 1.54) is 6.26 Å². The van der Waals surface area contributed by atoms with E-state index in [2.05, 4.69) is 22.1 Å². The molecule has 1 fully saturated rings. The fourth-order valence-corrected chi connectivity index (χ4v) is 3.37. The standard InChI is InChI=1S/C14H23N3O2S/c1-3-17-9-6-12(7-10-17)11-16-14-13(20(2,18)19)5-4-8-15-14/h4-5,8,12H,3,6-7,9-11H2,1-2H3,(H,15,16). The van der Waals surface area contributed by atoms with Crippen LogP contribution in [0.4, 0.5) is 5.82 Å². The van der Waals surface area contributed by atoms with E-state index in [4.69, 9.17) is 0 Å². The van der Waals surface area contributed by atoms with Crippen LogP contribution in [0.25, 0.3) is 0 Å². The number of anilines is 1. The van der Waals surface area contributed by atoms with E-state index >= 15 is 0 Å². The van der Waals surface area contributed by atoms with Gasteiger partial charge in [-0.2, -0.15) is 0 Å². The third-order valence-corrected chi connectivity index (χ3v) is 5.01. The molecule has 1 saturated heterocycles. The van der Waals surface area contributed by atoms with E-state index in [1.807, 2.05) is 0 Å². The number of sulfone groups is 1. The SMILES string of the molecule is CCN1CCC(CNc2ncccc2S(C)(=O)=O)CC1. The van der Waals surface area contributed by atoms with Gasteiger partial charge in [0.15, 0.2) is 9.84 Å². The molecule has 2 rings (SSSR count). The molecule has 5 nitrogen and oxygen atoms in total. The highest BCUT2D eigenvalue weighted by atomic mass is 32.2. The van der Waals surface area contributed by atoms with Crippen LogP contribution < -0.4 is 5.32 Å². The highest BCUT2D eigenvalue weighted by molar-refractivity contribution is 7.90. The molecule has 0 aliphatic carbocycles. The average Bonchev–Trinajstić information content (AvgIpc) is 2.45. The molecule has 1 N–H and O–H groups in total. The Kier molecular flexibility index (Phi) is 4.99. The first-order valence-corrected chi connectivity index (χ1v) is 9.01. The van der Waals surface area contributed by atoms with Crippen molar-refractivity contribution in [2.75, 3.05) is 37.8 Å². The summed E-state index contributed by atoms with van der Waals surface area (Å²) in [5.74, 6) is 1.07. The molecule has 112 valence electrons. The Morgan fingerprint density at radius 2 is 2.10 bits per heavy atom. The molecule has 1 aliphatic rings. The Hall–Kier alpha value is -1.14. The first-order chi connectivity index (χ1) is 9.50. The molecule has 0 spiro atoms. The lowest BCUT2D eigenvalue weighted by Gasteiger charge is -2.31. The minimum absolute atomic E-state index is 0.283. The van der Waals surface area contributed by atoms with Gasteiger partial charge >= 0.3 is 0 Å². The second-order valence-electron chi connectivity index (χ2n) is 5.38. The molecule has 0 radical (unpaired) electrons. The summed E-state index contributed by atoms with van der Waals surface area (Å²) in [6, 6.07) is 3.26. The average molecular weight is 297 g/mol. The predicted octanol–water partition coefficient (Wildman–Crippen LogP) is 1.63. The maximum absolute atomic E-state index is 11.7. The van der Waals surface area contributed by atoms with E-state index in [9.17, 15) is 8.42 Å². The van der Waals surface area contributed by atoms with Crippen LogP contribution in [0.5, 0.6) is 0 Å². The number of likely N-dealkylation sites (tertiary alicyclic amines) is 1. The van der Waals surface area contributed by atoms with Gasteiger partial charge in [-0.25, -0.2) is 13.4 Å². The zero-order valence-electron chi connectivity index (χ0n) is 12.2. The Balaban J connectivity index is 1.95. The van der Waals surface area contributed by atoms with Gasteiger partial charge < -0.3 is 10.2 Å².